The molecule has 1 aliphatic heterocycles. The zero-order chi connectivity index (χ0) is 19.4. The summed E-state index contributed by atoms with van der Waals surface area (Å²) in [5.74, 6) is 0.177. The lowest BCUT2D eigenvalue weighted by Crippen LogP contribution is -2.42. The van der Waals surface area contributed by atoms with Crippen LogP contribution in [0, 0.1) is 13.8 Å². The first-order valence-electron chi connectivity index (χ1n) is 9.32. The summed E-state index contributed by atoms with van der Waals surface area (Å²) in [4.78, 5) is 26.7. The summed E-state index contributed by atoms with van der Waals surface area (Å²) in [6, 6.07) is 7.49. The van der Waals surface area contributed by atoms with Crippen molar-refractivity contribution in [2.75, 3.05) is 23.7 Å². The molecule has 1 fully saturated rings. The second-order valence-electron chi connectivity index (χ2n) is 7.11. The van der Waals surface area contributed by atoms with Crippen molar-refractivity contribution in [1.29, 1.82) is 0 Å². The van der Waals surface area contributed by atoms with E-state index in [1.165, 1.54) is 6.42 Å². The van der Waals surface area contributed by atoms with Gasteiger partial charge >= 0.3 is 0 Å². The maximum Gasteiger partial charge on any atom is 0.254 e. The monoisotopic (exact) mass is 370 g/mol. The summed E-state index contributed by atoms with van der Waals surface area (Å²) >= 11 is 0. The first-order valence-corrected chi connectivity index (χ1v) is 9.32. The summed E-state index contributed by atoms with van der Waals surface area (Å²) in [6.45, 7) is 6.73. The fourth-order valence-corrected chi connectivity index (χ4v) is 3.34. The molecule has 0 spiro atoms. The van der Waals surface area contributed by atoms with Gasteiger partial charge in [-0.2, -0.15) is 0 Å². The standard InChI is InChI=1S/C20H26N4O3/c1-13-10-16(20(26)24-9-5-4-6-15(24)3)7-8-17(13)21-12-18(25)22-19-11-14(2)23-27-19/h7-8,10-11,15,21H,4-6,9,12H2,1-3H3,(H,22,25). The van der Waals surface area contributed by atoms with Crippen LogP contribution in [0.4, 0.5) is 11.6 Å². The van der Waals surface area contributed by atoms with Gasteiger partial charge in [-0.3, -0.25) is 14.9 Å². The van der Waals surface area contributed by atoms with Gasteiger partial charge in [-0.25, -0.2) is 0 Å². The Hall–Kier alpha value is -2.83. The molecule has 0 bridgehead atoms. The largest absolute Gasteiger partial charge is 0.376 e. The van der Waals surface area contributed by atoms with Crippen LogP contribution in [0.3, 0.4) is 0 Å². The van der Waals surface area contributed by atoms with Crippen molar-refractivity contribution in [3.8, 4) is 0 Å². The Morgan fingerprint density at radius 1 is 1.26 bits per heavy atom. The predicted molar refractivity (Wildman–Crippen MR) is 104 cm³/mol. The van der Waals surface area contributed by atoms with E-state index in [9.17, 15) is 9.59 Å². The van der Waals surface area contributed by atoms with Crippen LogP contribution in [0.1, 0.15) is 47.8 Å². The van der Waals surface area contributed by atoms with Gasteiger partial charge in [0.1, 0.15) is 0 Å². The molecule has 0 saturated carbocycles. The molecule has 144 valence electrons. The molecule has 1 aromatic heterocycles. The first kappa shape index (κ1) is 18.9. The van der Waals surface area contributed by atoms with E-state index in [1.54, 1.807) is 13.0 Å². The Balaban J connectivity index is 1.59. The van der Waals surface area contributed by atoms with Crippen LogP contribution in [0.2, 0.25) is 0 Å². The average Bonchev–Trinajstić information content (AvgIpc) is 3.05. The summed E-state index contributed by atoms with van der Waals surface area (Å²) in [5.41, 5.74) is 3.14. The lowest BCUT2D eigenvalue weighted by molar-refractivity contribution is -0.114. The lowest BCUT2D eigenvalue weighted by atomic mass is 10.0. The third-order valence-corrected chi connectivity index (χ3v) is 4.87. The van der Waals surface area contributed by atoms with Crippen LogP contribution in [0.25, 0.3) is 0 Å². The Morgan fingerprint density at radius 2 is 2.07 bits per heavy atom. The average molecular weight is 370 g/mol. The fourth-order valence-electron chi connectivity index (χ4n) is 3.34. The molecule has 7 heteroatoms. The number of benzene rings is 1. The number of amides is 2. The number of carbonyl (C=O) groups excluding carboxylic acids is 2. The summed E-state index contributed by atoms with van der Waals surface area (Å²) in [6.07, 6.45) is 3.31. The number of aromatic nitrogens is 1. The van der Waals surface area contributed by atoms with Gasteiger partial charge in [0.05, 0.1) is 12.2 Å². The highest BCUT2D eigenvalue weighted by atomic mass is 16.5. The summed E-state index contributed by atoms with van der Waals surface area (Å²) < 4.78 is 4.97. The first-order chi connectivity index (χ1) is 12.9. The molecule has 1 aliphatic rings. The van der Waals surface area contributed by atoms with E-state index in [0.717, 1.165) is 30.6 Å². The molecule has 0 radical (unpaired) electrons. The van der Waals surface area contributed by atoms with Gasteiger partial charge in [-0.05, 0) is 63.8 Å². The number of hydrogen-bond donors (Lipinski definition) is 2. The molecule has 1 saturated heterocycles. The van der Waals surface area contributed by atoms with Crippen molar-refractivity contribution >= 4 is 23.4 Å². The number of nitrogens with zero attached hydrogens (tertiary/aromatic N) is 2. The van der Waals surface area contributed by atoms with Gasteiger partial charge in [0.2, 0.25) is 11.8 Å². The Kier molecular flexibility index (Phi) is 5.78. The predicted octanol–water partition coefficient (Wildman–Crippen LogP) is 3.36. The smallest absolute Gasteiger partial charge is 0.254 e. The molecule has 1 atom stereocenters. The van der Waals surface area contributed by atoms with Crippen molar-refractivity contribution in [2.24, 2.45) is 0 Å². The highest BCUT2D eigenvalue weighted by Gasteiger charge is 2.24. The van der Waals surface area contributed by atoms with Crippen molar-refractivity contribution in [3.05, 3.63) is 41.1 Å². The highest BCUT2D eigenvalue weighted by molar-refractivity contribution is 5.96. The van der Waals surface area contributed by atoms with Gasteiger partial charge in [0.25, 0.3) is 5.91 Å². The molecule has 1 unspecified atom stereocenters. The van der Waals surface area contributed by atoms with E-state index in [4.69, 9.17) is 4.52 Å². The summed E-state index contributed by atoms with van der Waals surface area (Å²) in [7, 11) is 0. The molecule has 2 heterocycles. The van der Waals surface area contributed by atoms with Crippen molar-refractivity contribution in [3.63, 3.8) is 0 Å². The van der Waals surface area contributed by atoms with Crippen LogP contribution in [0.15, 0.2) is 28.8 Å². The topological polar surface area (TPSA) is 87.5 Å². The minimum atomic E-state index is -0.229. The van der Waals surface area contributed by atoms with Crippen molar-refractivity contribution < 1.29 is 14.1 Å². The third-order valence-electron chi connectivity index (χ3n) is 4.87. The van der Waals surface area contributed by atoms with E-state index in [-0.39, 0.29) is 24.4 Å². The molecule has 3 rings (SSSR count). The van der Waals surface area contributed by atoms with Gasteiger partial charge in [-0.1, -0.05) is 5.16 Å². The van der Waals surface area contributed by atoms with E-state index < -0.39 is 0 Å². The number of nitrogens with one attached hydrogen (secondary N) is 2. The molecule has 7 nitrogen and oxygen atoms in total. The number of likely N-dealkylation sites (tertiary alicyclic amines) is 1. The van der Waals surface area contributed by atoms with Gasteiger partial charge in [0.15, 0.2) is 0 Å². The normalized spacial score (nSPS) is 16.9. The number of hydrogen-bond acceptors (Lipinski definition) is 5. The molecule has 2 N–H and O–H groups in total. The van der Waals surface area contributed by atoms with Gasteiger partial charge in [-0.15, -0.1) is 0 Å². The second-order valence-corrected chi connectivity index (χ2v) is 7.11. The Bertz CT molecular complexity index is 830. The maximum atomic E-state index is 12.8. The van der Waals surface area contributed by atoms with E-state index >= 15 is 0 Å². The fraction of sp³-hybridized carbons (Fsp3) is 0.450. The Morgan fingerprint density at radius 3 is 2.74 bits per heavy atom. The van der Waals surface area contributed by atoms with E-state index in [2.05, 4.69) is 22.7 Å². The van der Waals surface area contributed by atoms with Gasteiger partial charge in [0, 0.05) is 29.9 Å². The zero-order valence-electron chi connectivity index (χ0n) is 16.0. The van der Waals surface area contributed by atoms with Crippen LogP contribution in [0.5, 0.6) is 0 Å². The Labute approximate surface area is 159 Å². The second kappa shape index (κ2) is 8.24. The van der Waals surface area contributed by atoms with Crippen LogP contribution >= 0.6 is 0 Å². The minimum Gasteiger partial charge on any atom is -0.376 e. The molecule has 2 aromatic rings. The quantitative estimate of drug-likeness (QED) is 0.843. The van der Waals surface area contributed by atoms with E-state index in [0.29, 0.717) is 17.1 Å². The molecule has 27 heavy (non-hydrogen) atoms. The third kappa shape index (κ3) is 4.67. The molecule has 1 aromatic carbocycles. The number of anilines is 2. The highest BCUT2D eigenvalue weighted by Crippen LogP contribution is 2.22. The van der Waals surface area contributed by atoms with Crippen molar-refractivity contribution in [2.45, 2.75) is 46.1 Å². The molecular weight excluding hydrogens is 344 g/mol. The number of rotatable bonds is 5. The number of carbonyl (C=O) groups is 2. The minimum absolute atomic E-state index is 0.0790. The summed E-state index contributed by atoms with van der Waals surface area (Å²) in [5, 5.41) is 9.46. The van der Waals surface area contributed by atoms with E-state index in [1.807, 2.05) is 30.0 Å². The SMILES string of the molecule is Cc1cc(NC(=O)CNc2ccc(C(=O)N3CCCCC3C)cc2C)on1. The van der Waals surface area contributed by atoms with Crippen LogP contribution in [-0.4, -0.2) is 41.0 Å². The van der Waals surface area contributed by atoms with Crippen LogP contribution < -0.4 is 10.6 Å². The lowest BCUT2D eigenvalue weighted by Gasteiger charge is -2.33. The van der Waals surface area contributed by atoms with Crippen LogP contribution in [-0.2, 0) is 4.79 Å². The number of aryl methyl sites for hydroxylation is 2. The molecular formula is C20H26N4O3. The zero-order valence-corrected chi connectivity index (χ0v) is 16.0. The van der Waals surface area contributed by atoms with Gasteiger partial charge < -0.3 is 14.7 Å². The maximum absolute atomic E-state index is 12.8. The number of piperidine rings is 1. The van der Waals surface area contributed by atoms with Crippen molar-refractivity contribution in [1.82, 2.24) is 10.1 Å². The molecule has 2 amide bonds. The molecule has 0 aliphatic carbocycles.